The highest BCUT2D eigenvalue weighted by Gasteiger charge is 2.36. The molecule has 140 valence electrons. The van der Waals surface area contributed by atoms with E-state index in [9.17, 15) is 14.7 Å². The van der Waals surface area contributed by atoms with E-state index in [-0.39, 0.29) is 11.8 Å². The first kappa shape index (κ1) is 18.2. The van der Waals surface area contributed by atoms with Crippen LogP contribution in [0, 0.1) is 5.92 Å². The molecule has 2 N–H and O–H groups in total. The van der Waals surface area contributed by atoms with Gasteiger partial charge in [-0.2, -0.15) is 4.98 Å². The van der Waals surface area contributed by atoms with Crippen molar-refractivity contribution in [2.75, 3.05) is 18.0 Å². The SMILES string of the molecule is CCCC(C)(NC(=O)C1CCN(c2nc3ccccc3o2)CC1)C(=O)O. The van der Waals surface area contributed by atoms with Gasteiger partial charge in [-0.05, 0) is 38.3 Å². The minimum Gasteiger partial charge on any atom is -0.480 e. The number of carboxylic acid groups (broad SMARTS) is 1. The summed E-state index contributed by atoms with van der Waals surface area (Å²) in [7, 11) is 0. The fraction of sp³-hybridized carbons (Fsp3) is 0.526. The van der Waals surface area contributed by atoms with Crippen LogP contribution in [0.3, 0.4) is 0 Å². The number of carboxylic acids is 1. The summed E-state index contributed by atoms with van der Waals surface area (Å²) in [4.78, 5) is 30.6. The number of aromatic nitrogens is 1. The second-order valence-corrected chi connectivity index (χ2v) is 7.10. The van der Waals surface area contributed by atoms with E-state index in [0.29, 0.717) is 44.8 Å². The van der Waals surface area contributed by atoms with Gasteiger partial charge in [-0.25, -0.2) is 4.79 Å². The highest BCUT2D eigenvalue weighted by Crippen LogP contribution is 2.27. The molecule has 1 fully saturated rings. The third kappa shape index (κ3) is 3.66. The quantitative estimate of drug-likeness (QED) is 0.823. The average Bonchev–Trinajstić information content (AvgIpc) is 3.06. The van der Waals surface area contributed by atoms with Gasteiger partial charge in [0.05, 0.1) is 0 Å². The zero-order chi connectivity index (χ0) is 18.7. The lowest BCUT2D eigenvalue weighted by Crippen LogP contribution is -2.54. The Morgan fingerprint density at radius 1 is 1.35 bits per heavy atom. The summed E-state index contributed by atoms with van der Waals surface area (Å²) in [5.41, 5.74) is 0.363. The van der Waals surface area contributed by atoms with E-state index in [2.05, 4.69) is 10.3 Å². The van der Waals surface area contributed by atoms with E-state index in [4.69, 9.17) is 4.42 Å². The summed E-state index contributed by atoms with van der Waals surface area (Å²) in [5.74, 6) is -1.36. The van der Waals surface area contributed by atoms with Gasteiger partial charge in [-0.1, -0.05) is 25.5 Å². The summed E-state index contributed by atoms with van der Waals surface area (Å²) in [6, 6.07) is 8.19. The predicted molar refractivity (Wildman–Crippen MR) is 98.0 cm³/mol. The maximum atomic E-state index is 12.5. The number of para-hydroxylation sites is 2. The molecule has 1 aliphatic rings. The molecular formula is C19H25N3O4. The van der Waals surface area contributed by atoms with Gasteiger partial charge in [-0.15, -0.1) is 0 Å². The number of piperidine rings is 1. The molecule has 2 heterocycles. The molecule has 1 aromatic carbocycles. The van der Waals surface area contributed by atoms with E-state index in [1.807, 2.05) is 36.1 Å². The molecule has 1 aromatic heterocycles. The van der Waals surface area contributed by atoms with Crippen LogP contribution in [0.25, 0.3) is 11.1 Å². The van der Waals surface area contributed by atoms with Crippen LogP contribution in [-0.4, -0.2) is 40.6 Å². The van der Waals surface area contributed by atoms with Crippen LogP contribution in [0.1, 0.15) is 39.5 Å². The number of aliphatic carboxylic acids is 1. The van der Waals surface area contributed by atoms with Crippen molar-refractivity contribution in [3.05, 3.63) is 24.3 Å². The van der Waals surface area contributed by atoms with Crippen LogP contribution in [0.2, 0.25) is 0 Å². The molecular weight excluding hydrogens is 334 g/mol. The van der Waals surface area contributed by atoms with Gasteiger partial charge in [0.15, 0.2) is 5.58 Å². The first-order chi connectivity index (χ1) is 12.4. The van der Waals surface area contributed by atoms with Crippen molar-refractivity contribution in [3.63, 3.8) is 0 Å². The van der Waals surface area contributed by atoms with Gasteiger partial charge in [-0.3, -0.25) is 4.79 Å². The van der Waals surface area contributed by atoms with Crippen LogP contribution in [-0.2, 0) is 9.59 Å². The largest absolute Gasteiger partial charge is 0.480 e. The number of oxazole rings is 1. The molecule has 26 heavy (non-hydrogen) atoms. The van der Waals surface area contributed by atoms with E-state index < -0.39 is 11.5 Å². The summed E-state index contributed by atoms with van der Waals surface area (Å²) in [6.07, 6.45) is 2.40. The smallest absolute Gasteiger partial charge is 0.329 e. The van der Waals surface area contributed by atoms with Gasteiger partial charge in [0, 0.05) is 19.0 Å². The molecule has 1 unspecified atom stereocenters. The van der Waals surface area contributed by atoms with E-state index in [0.717, 1.165) is 11.1 Å². The van der Waals surface area contributed by atoms with Crippen molar-refractivity contribution < 1.29 is 19.1 Å². The first-order valence-corrected chi connectivity index (χ1v) is 9.09. The van der Waals surface area contributed by atoms with Crippen molar-refractivity contribution in [1.29, 1.82) is 0 Å². The zero-order valence-corrected chi connectivity index (χ0v) is 15.2. The average molecular weight is 359 g/mol. The van der Waals surface area contributed by atoms with Crippen LogP contribution in [0.4, 0.5) is 6.01 Å². The van der Waals surface area contributed by atoms with Crippen molar-refractivity contribution in [3.8, 4) is 0 Å². The monoisotopic (exact) mass is 359 g/mol. The lowest BCUT2D eigenvalue weighted by molar-refractivity contribution is -0.148. The van der Waals surface area contributed by atoms with Gasteiger partial charge in [0.25, 0.3) is 6.01 Å². The van der Waals surface area contributed by atoms with Gasteiger partial charge in [0.2, 0.25) is 5.91 Å². The number of hydrogen-bond acceptors (Lipinski definition) is 5. The summed E-state index contributed by atoms with van der Waals surface area (Å²) in [5, 5.41) is 12.2. The number of nitrogens with one attached hydrogen (secondary N) is 1. The lowest BCUT2D eigenvalue weighted by atomic mass is 9.91. The summed E-state index contributed by atoms with van der Waals surface area (Å²) < 4.78 is 5.78. The molecule has 7 heteroatoms. The first-order valence-electron chi connectivity index (χ1n) is 9.09. The Labute approximate surface area is 152 Å². The Morgan fingerprint density at radius 2 is 2.04 bits per heavy atom. The fourth-order valence-electron chi connectivity index (χ4n) is 3.43. The number of anilines is 1. The normalized spacial score (nSPS) is 17.8. The minimum atomic E-state index is -1.21. The predicted octanol–water partition coefficient (Wildman–Crippen LogP) is 2.80. The molecule has 0 bridgehead atoms. The second kappa shape index (κ2) is 7.35. The molecule has 3 rings (SSSR count). The topological polar surface area (TPSA) is 95.7 Å². The molecule has 7 nitrogen and oxygen atoms in total. The van der Waals surface area contributed by atoms with Crippen molar-refractivity contribution >= 4 is 29.0 Å². The molecule has 0 saturated carbocycles. The second-order valence-electron chi connectivity index (χ2n) is 7.10. The molecule has 1 atom stereocenters. The van der Waals surface area contributed by atoms with Crippen LogP contribution in [0.5, 0.6) is 0 Å². The Hall–Kier alpha value is -2.57. The van der Waals surface area contributed by atoms with Crippen molar-refractivity contribution in [1.82, 2.24) is 10.3 Å². The fourth-order valence-corrected chi connectivity index (χ4v) is 3.43. The number of amides is 1. The summed E-state index contributed by atoms with van der Waals surface area (Å²) >= 11 is 0. The van der Waals surface area contributed by atoms with Gasteiger partial charge in [0.1, 0.15) is 11.1 Å². The molecule has 0 spiro atoms. The zero-order valence-electron chi connectivity index (χ0n) is 15.2. The molecule has 1 amide bonds. The Balaban J connectivity index is 1.60. The third-order valence-electron chi connectivity index (χ3n) is 5.04. The Morgan fingerprint density at radius 3 is 2.65 bits per heavy atom. The Bertz CT molecular complexity index is 762. The van der Waals surface area contributed by atoms with E-state index >= 15 is 0 Å². The minimum absolute atomic E-state index is 0.180. The maximum Gasteiger partial charge on any atom is 0.329 e. The number of fused-ring (bicyclic) bond motifs is 1. The van der Waals surface area contributed by atoms with Crippen LogP contribution < -0.4 is 10.2 Å². The van der Waals surface area contributed by atoms with Crippen LogP contribution >= 0.6 is 0 Å². The van der Waals surface area contributed by atoms with E-state index in [1.54, 1.807) is 6.92 Å². The maximum absolute atomic E-state index is 12.5. The van der Waals surface area contributed by atoms with Crippen LogP contribution in [0.15, 0.2) is 28.7 Å². The molecule has 2 aromatic rings. The number of rotatable bonds is 6. The molecule has 1 saturated heterocycles. The lowest BCUT2D eigenvalue weighted by Gasteiger charge is -2.33. The number of benzene rings is 1. The van der Waals surface area contributed by atoms with Crippen molar-refractivity contribution in [2.24, 2.45) is 5.92 Å². The number of hydrogen-bond donors (Lipinski definition) is 2. The number of carbonyl (C=O) groups excluding carboxylic acids is 1. The third-order valence-corrected chi connectivity index (χ3v) is 5.04. The Kier molecular flexibility index (Phi) is 5.15. The highest BCUT2D eigenvalue weighted by atomic mass is 16.4. The van der Waals surface area contributed by atoms with Crippen molar-refractivity contribution in [2.45, 2.75) is 45.1 Å². The standard InChI is InChI=1S/C19H25N3O4/c1-3-10-19(2,17(24)25)21-16(23)13-8-11-22(12-9-13)18-20-14-6-4-5-7-15(14)26-18/h4-7,13H,3,8-12H2,1-2H3,(H,21,23)(H,24,25). The highest BCUT2D eigenvalue weighted by molar-refractivity contribution is 5.87. The van der Waals surface area contributed by atoms with Gasteiger partial charge >= 0.3 is 5.97 Å². The number of carbonyl (C=O) groups is 2. The molecule has 1 aliphatic heterocycles. The summed E-state index contributed by atoms with van der Waals surface area (Å²) in [6.45, 7) is 4.79. The molecule has 0 aliphatic carbocycles. The van der Waals surface area contributed by atoms with Gasteiger partial charge < -0.3 is 19.7 Å². The van der Waals surface area contributed by atoms with E-state index in [1.165, 1.54) is 0 Å². The molecule has 0 radical (unpaired) electrons. The number of nitrogens with zero attached hydrogens (tertiary/aromatic N) is 2.